The highest BCUT2D eigenvalue weighted by atomic mass is 16.6. The molecule has 0 aliphatic rings. The van der Waals surface area contributed by atoms with Crippen LogP contribution in [-0.4, -0.2) is 24.5 Å². The van der Waals surface area contributed by atoms with Crippen LogP contribution in [0.1, 0.15) is 10.4 Å². The summed E-state index contributed by atoms with van der Waals surface area (Å²) in [6, 6.07) is 4.09. The molecule has 0 aliphatic carbocycles. The molecule has 1 aromatic carbocycles. The average Bonchev–Trinajstić information content (AvgIpc) is 2.35. The number of ether oxygens (including phenoxy) is 1. The molecule has 0 radical (unpaired) electrons. The molecule has 0 saturated carbocycles. The lowest BCUT2D eigenvalue weighted by atomic mass is 10.1. The van der Waals surface area contributed by atoms with Crippen LogP contribution in [0.15, 0.2) is 18.2 Å². The summed E-state index contributed by atoms with van der Waals surface area (Å²) >= 11 is 0. The Morgan fingerprint density at radius 1 is 1.65 bits per heavy atom. The Morgan fingerprint density at radius 2 is 2.35 bits per heavy atom. The van der Waals surface area contributed by atoms with Gasteiger partial charge in [-0.2, -0.15) is 0 Å². The number of carbonyl (C=O) groups excluding carboxylic acids is 1. The van der Waals surface area contributed by atoms with Crippen molar-refractivity contribution in [3.05, 3.63) is 33.9 Å². The maximum Gasteiger partial charge on any atom is 0.344 e. The van der Waals surface area contributed by atoms with Gasteiger partial charge in [-0.15, -0.1) is 6.42 Å². The van der Waals surface area contributed by atoms with Gasteiger partial charge in [-0.1, -0.05) is 5.92 Å². The van der Waals surface area contributed by atoms with Crippen LogP contribution in [0.3, 0.4) is 0 Å². The third-order valence-electron chi connectivity index (χ3n) is 1.99. The third kappa shape index (κ3) is 2.95. The predicted octanol–water partition coefficient (Wildman–Crippen LogP) is 1.43. The number of nitro groups is 1. The van der Waals surface area contributed by atoms with Gasteiger partial charge in [0.2, 0.25) is 0 Å². The number of nitrogens with zero attached hydrogens (tertiary/aromatic N) is 1. The molecule has 0 saturated heterocycles. The van der Waals surface area contributed by atoms with Crippen molar-refractivity contribution in [2.45, 2.75) is 0 Å². The van der Waals surface area contributed by atoms with Crippen LogP contribution in [-0.2, 0) is 4.74 Å². The van der Waals surface area contributed by atoms with E-state index in [0.717, 1.165) is 7.11 Å². The summed E-state index contributed by atoms with van der Waals surface area (Å²) in [5.41, 5.74) is 0.0601. The van der Waals surface area contributed by atoms with Crippen LogP contribution in [0.25, 0.3) is 0 Å². The number of anilines is 1. The topological polar surface area (TPSA) is 81.5 Å². The Hall–Kier alpha value is -2.55. The molecule has 1 aromatic rings. The van der Waals surface area contributed by atoms with Gasteiger partial charge in [0.05, 0.1) is 18.6 Å². The monoisotopic (exact) mass is 234 g/mol. The van der Waals surface area contributed by atoms with E-state index in [1.54, 1.807) is 0 Å². The van der Waals surface area contributed by atoms with E-state index in [2.05, 4.69) is 16.0 Å². The van der Waals surface area contributed by atoms with Gasteiger partial charge in [-0.05, 0) is 12.1 Å². The van der Waals surface area contributed by atoms with Crippen molar-refractivity contribution in [1.29, 1.82) is 0 Å². The molecule has 6 nitrogen and oxygen atoms in total. The number of terminal acetylenes is 1. The first-order chi connectivity index (χ1) is 8.10. The fraction of sp³-hybridized carbons (Fsp3) is 0.182. The molecule has 0 aliphatic heterocycles. The van der Waals surface area contributed by atoms with Gasteiger partial charge in [0.15, 0.2) is 0 Å². The molecule has 1 N–H and O–H groups in total. The van der Waals surface area contributed by atoms with Crippen LogP contribution >= 0.6 is 0 Å². The Bertz CT molecular complexity index is 491. The van der Waals surface area contributed by atoms with Gasteiger partial charge in [0, 0.05) is 11.8 Å². The van der Waals surface area contributed by atoms with E-state index in [-0.39, 0.29) is 17.8 Å². The second-order valence-electron chi connectivity index (χ2n) is 3.04. The van der Waals surface area contributed by atoms with E-state index < -0.39 is 10.9 Å². The molecule has 17 heavy (non-hydrogen) atoms. The number of benzene rings is 1. The highest BCUT2D eigenvalue weighted by molar-refractivity contribution is 5.94. The molecular weight excluding hydrogens is 224 g/mol. The maximum absolute atomic E-state index is 11.3. The summed E-state index contributed by atoms with van der Waals surface area (Å²) < 4.78 is 4.45. The molecule has 0 aromatic heterocycles. The Balaban J connectivity index is 3.13. The molecule has 0 unspecified atom stereocenters. The van der Waals surface area contributed by atoms with E-state index in [1.807, 2.05) is 0 Å². The summed E-state index contributed by atoms with van der Waals surface area (Å²) in [4.78, 5) is 21.4. The third-order valence-corrected chi connectivity index (χ3v) is 1.99. The molecule has 0 bridgehead atoms. The zero-order valence-electron chi connectivity index (χ0n) is 9.10. The quantitative estimate of drug-likeness (QED) is 0.369. The summed E-state index contributed by atoms with van der Waals surface area (Å²) in [5, 5.41) is 13.6. The SMILES string of the molecule is C#CCNc1ccc(C(=O)OC)c([N+](=O)[O-])c1. The molecule has 0 heterocycles. The van der Waals surface area contributed by atoms with E-state index in [1.165, 1.54) is 18.2 Å². The number of nitro benzene ring substituents is 1. The van der Waals surface area contributed by atoms with Crippen molar-refractivity contribution in [3.8, 4) is 12.3 Å². The molecular formula is C11H10N2O4. The molecule has 0 fully saturated rings. The van der Waals surface area contributed by atoms with Crippen molar-refractivity contribution in [2.75, 3.05) is 19.0 Å². The minimum absolute atomic E-state index is 0.0937. The number of rotatable bonds is 4. The molecule has 0 atom stereocenters. The molecule has 1 rings (SSSR count). The fourth-order valence-electron chi connectivity index (χ4n) is 1.23. The van der Waals surface area contributed by atoms with Crippen molar-refractivity contribution < 1.29 is 14.5 Å². The van der Waals surface area contributed by atoms with E-state index in [4.69, 9.17) is 6.42 Å². The van der Waals surface area contributed by atoms with Crippen LogP contribution < -0.4 is 5.32 Å². The van der Waals surface area contributed by atoms with Gasteiger partial charge in [0.1, 0.15) is 5.56 Å². The second kappa shape index (κ2) is 5.51. The lowest BCUT2D eigenvalue weighted by Crippen LogP contribution is -2.07. The van der Waals surface area contributed by atoms with Gasteiger partial charge in [-0.3, -0.25) is 10.1 Å². The molecule has 0 amide bonds. The van der Waals surface area contributed by atoms with E-state index in [9.17, 15) is 14.9 Å². The number of nitrogens with one attached hydrogen (secondary N) is 1. The lowest BCUT2D eigenvalue weighted by Gasteiger charge is -2.05. The standard InChI is InChI=1S/C11H10N2O4/c1-3-6-12-8-4-5-9(11(14)17-2)10(7-8)13(15)16/h1,4-5,7,12H,6H2,2H3. The number of carbonyl (C=O) groups is 1. The predicted molar refractivity (Wildman–Crippen MR) is 61.8 cm³/mol. The smallest absolute Gasteiger partial charge is 0.344 e. The first kappa shape index (κ1) is 12.5. The summed E-state index contributed by atoms with van der Waals surface area (Å²) in [6.07, 6.45) is 5.05. The van der Waals surface area contributed by atoms with E-state index >= 15 is 0 Å². The number of methoxy groups -OCH3 is 1. The maximum atomic E-state index is 11.3. The van der Waals surface area contributed by atoms with Crippen LogP contribution in [0.4, 0.5) is 11.4 Å². The minimum Gasteiger partial charge on any atom is -0.465 e. The average molecular weight is 234 g/mol. The lowest BCUT2D eigenvalue weighted by molar-refractivity contribution is -0.385. The molecule has 0 spiro atoms. The van der Waals surface area contributed by atoms with Gasteiger partial charge in [0.25, 0.3) is 5.69 Å². The summed E-state index contributed by atoms with van der Waals surface area (Å²) in [7, 11) is 1.16. The fourth-order valence-corrected chi connectivity index (χ4v) is 1.23. The number of hydrogen-bond donors (Lipinski definition) is 1. The highest BCUT2D eigenvalue weighted by Gasteiger charge is 2.21. The van der Waals surface area contributed by atoms with Gasteiger partial charge >= 0.3 is 5.97 Å². The first-order valence-corrected chi connectivity index (χ1v) is 4.64. The molecule has 88 valence electrons. The Morgan fingerprint density at radius 3 is 2.88 bits per heavy atom. The first-order valence-electron chi connectivity index (χ1n) is 4.64. The van der Waals surface area contributed by atoms with Crippen LogP contribution in [0, 0.1) is 22.5 Å². The number of esters is 1. The highest BCUT2D eigenvalue weighted by Crippen LogP contribution is 2.23. The second-order valence-corrected chi connectivity index (χ2v) is 3.04. The van der Waals surface area contributed by atoms with Crippen molar-refractivity contribution in [2.24, 2.45) is 0 Å². The summed E-state index contributed by atoms with van der Waals surface area (Å²) in [6.45, 7) is 0.245. The van der Waals surface area contributed by atoms with Crippen molar-refractivity contribution >= 4 is 17.3 Å². The van der Waals surface area contributed by atoms with Gasteiger partial charge in [-0.25, -0.2) is 4.79 Å². The van der Waals surface area contributed by atoms with Crippen LogP contribution in [0.2, 0.25) is 0 Å². The van der Waals surface area contributed by atoms with Crippen molar-refractivity contribution in [1.82, 2.24) is 0 Å². The Labute approximate surface area is 97.7 Å². The van der Waals surface area contributed by atoms with E-state index in [0.29, 0.717) is 5.69 Å². The zero-order valence-corrected chi connectivity index (χ0v) is 9.10. The largest absolute Gasteiger partial charge is 0.465 e. The number of hydrogen-bond acceptors (Lipinski definition) is 5. The molecule has 6 heteroatoms. The van der Waals surface area contributed by atoms with Gasteiger partial charge < -0.3 is 10.1 Å². The Kier molecular flexibility index (Phi) is 4.06. The van der Waals surface area contributed by atoms with Crippen molar-refractivity contribution in [3.63, 3.8) is 0 Å². The van der Waals surface area contributed by atoms with Crippen LogP contribution in [0.5, 0.6) is 0 Å². The zero-order chi connectivity index (χ0) is 12.8. The minimum atomic E-state index is -0.750. The summed E-state index contributed by atoms with van der Waals surface area (Å²) in [5.74, 6) is 1.59. The normalized spacial score (nSPS) is 9.18.